The van der Waals surface area contributed by atoms with E-state index in [1.807, 2.05) is 7.11 Å². The summed E-state index contributed by atoms with van der Waals surface area (Å²) in [4.78, 5) is 0. The fourth-order valence-electron chi connectivity index (χ4n) is 6.50. The molecule has 3 atom stereocenters. The van der Waals surface area contributed by atoms with Crippen molar-refractivity contribution >= 4 is 0 Å². The molecule has 164 valence electrons. The molecule has 0 aromatic heterocycles. The molecule has 0 spiro atoms. The fraction of sp³-hybridized carbons (Fsp3) is 1.00. The Balaban J connectivity index is 1.30. The maximum atomic E-state index is 6.42. The van der Waals surface area contributed by atoms with Gasteiger partial charge in [0.2, 0.25) is 0 Å². The Labute approximate surface area is 175 Å². The van der Waals surface area contributed by atoms with Crippen LogP contribution >= 0.6 is 0 Å². The van der Waals surface area contributed by atoms with Crippen molar-refractivity contribution in [1.82, 2.24) is 0 Å². The van der Waals surface area contributed by atoms with Crippen molar-refractivity contribution in [3.8, 4) is 0 Å². The van der Waals surface area contributed by atoms with Gasteiger partial charge >= 0.3 is 0 Å². The highest BCUT2D eigenvalue weighted by Crippen LogP contribution is 2.41. The summed E-state index contributed by atoms with van der Waals surface area (Å²) in [5.74, 6) is 4.58. The van der Waals surface area contributed by atoms with Gasteiger partial charge in [0.25, 0.3) is 0 Å². The van der Waals surface area contributed by atoms with Crippen molar-refractivity contribution in [3.05, 3.63) is 0 Å². The highest BCUT2D eigenvalue weighted by molar-refractivity contribution is 4.83. The molecule has 0 N–H and O–H groups in total. The minimum absolute atomic E-state index is 0.494. The van der Waals surface area contributed by atoms with E-state index in [2.05, 4.69) is 13.8 Å². The van der Waals surface area contributed by atoms with Gasteiger partial charge in [-0.25, -0.2) is 0 Å². The second-order valence-corrected chi connectivity index (χ2v) is 10.6. The SMILES string of the molecule is CCCCC1CCC(C2CCC(OCC(C)C3CCCC(OC)C3)CC2)CC1. The number of rotatable bonds is 9. The molecule has 3 aliphatic carbocycles. The summed E-state index contributed by atoms with van der Waals surface area (Å²) < 4.78 is 12.0. The Bertz CT molecular complexity index is 407. The first-order valence-corrected chi connectivity index (χ1v) is 12.8. The summed E-state index contributed by atoms with van der Waals surface area (Å²) >= 11 is 0. The largest absolute Gasteiger partial charge is 0.381 e. The van der Waals surface area contributed by atoms with E-state index in [1.54, 1.807) is 0 Å². The van der Waals surface area contributed by atoms with Crippen molar-refractivity contribution in [3.63, 3.8) is 0 Å². The summed E-state index contributed by atoms with van der Waals surface area (Å²) in [5.41, 5.74) is 0. The lowest BCUT2D eigenvalue weighted by atomic mass is 9.70. The van der Waals surface area contributed by atoms with Gasteiger partial charge in [0.1, 0.15) is 0 Å². The Morgan fingerprint density at radius 2 is 1.50 bits per heavy atom. The van der Waals surface area contributed by atoms with Crippen LogP contribution in [-0.4, -0.2) is 25.9 Å². The van der Waals surface area contributed by atoms with E-state index in [1.165, 1.54) is 96.3 Å². The summed E-state index contributed by atoms with van der Waals surface area (Å²) in [6.07, 6.45) is 22.1. The third-order valence-electron chi connectivity index (χ3n) is 8.64. The first kappa shape index (κ1) is 22.6. The smallest absolute Gasteiger partial charge is 0.0575 e. The van der Waals surface area contributed by atoms with Gasteiger partial charge in [-0.3, -0.25) is 0 Å². The summed E-state index contributed by atoms with van der Waals surface area (Å²) in [7, 11) is 1.88. The van der Waals surface area contributed by atoms with Crippen LogP contribution in [0.5, 0.6) is 0 Å². The summed E-state index contributed by atoms with van der Waals surface area (Å²) in [5, 5.41) is 0. The maximum absolute atomic E-state index is 6.42. The van der Waals surface area contributed by atoms with Gasteiger partial charge in [0.15, 0.2) is 0 Å². The fourth-order valence-corrected chi connectivity index (χ4v) is 6.50. The second-order valence-electron chi connectivity index (χ2n) is 10.6. The van der Waals surface area contributed by atoms with Crippen LogP contribution in [0.15, 0.2) is 0 Å². The average Bonchev–Trinajstić information content (AvgIpc) is 2.77. The lowest BCUT2D eigenvalue weighted by Crippen LogP contribution is -2.31. The lowest BCUT2D eigenvalue weighted by Gasteiger charge is -2.38. The Morgan fingerprint density at radius 3 is 2.14 bits per heavy atom. The quantitative estimate of drug-likeness (QED) is 0.407. The topological polar surface area (TPSA) is 18.5 Å². The molecule has 0 saturated heterocycles. The molecule has 3 unspecified atom stereocenters. The highest BCUT2D eigenvalue weighted by Gasteiger charge is 2.32. The molecule has 3 aliphatic rings. The number of hydrogen-bond donors (Lipinski definition) is 0. The zero-order chi connectivity index (χ0) is 19.8. The van der Waals surface area contributed by atoms with Gasteiger partial charge < -0.3 is 9.47 Å². The molecule has 0 radical (unpaired) electrons. The van der Waals surface area contributed by atoms with E-state index in [-0.39, 0.29) is 0 Å². The van der Waals surface area contributed by atoms with Gasteiger partial charge in [-0.15, -0.1) is 0 Å². The molecule has 0 aromatic carbocycles. The Hall–Kier alpha value is -0.0800. The molecule has 28 heavy (non-hydrogen) atoms. The molecule has 0 bridgehead atoms. The zero-order valence-corrected chi connectivity index (χ0v) is 19.2. The van der Waals surface area contributed by atoms with Crippen molar-refractivity contribution in [2.45, 2.75) is 122 Å². The van der Waals surface area contributed by atoms with E-state index < -0.39 is 0 Å². The monoisotopic (exact) mass is 392 g/mol. The van der Waals surface area contributed by atoms with E-state index in [4.69, 9.17) is 9.47 Å². The predicted molar refractivity (Wildman–Crippen MR) is 119 cm³/mol. The van der Waals surface area contributed by atoms with Crippen LogP contribution in [0, 0.1) is 29.6 Å². The first-order valence-electron chi connectivity index (χ1n) is 12.8. The molecule has 2 heteroatoms. The van der Waals surface area contributed by atoms with Gasteiger partial charge in [0.05, 0.1) is 12.2 Å². The van der Waals surface area contributed by atoms with Crippen molar-refractivity contribution in [1.29, 1.82) is 0 Å². The average molecular weight is 393 g/mol. The molecule has 3 fully saturated rings. The molecule has 0 aromatic rings. The van der Waals surface area contributed by atoms with Crippen LogP contribution in [-0.2, 0) is 9.47 Å². The predicted octanol–water partition coefficient (Wildman–Crippen LogP) is 7.40. The molecule has 3 saturated carbocycles. The van der Waals surface area contributed by atoms with Crippen LogP contribution in [0.25, 0.3) is 0 Å². The molecule has 0 heterocycles. The Kier molecular flexibility index (Phi) is 9.64. The van der Waals surface area contributed by atoms with Crippen LogP contribution < -0.4 is 0 Å². The highest BCUT2D eigenvalue weighted by atomic mass is 16.5. The summed E-state index contributed by atoms with van der Waals surface area (Å²) in [6, 6.07) is 0. The second kappa shape index (κ2) is 11.9. The molecular weight excluding hydrogens is 344 g/mol. The number of unbranched alkanes of at least 4 members (excludes halogenated alkanes) is 1. The third-order valence-corrected chi connectivity index (χ3v) is 8.64. The van der Waals surface area contributed by atoms with Crippen molar-refractivity contribution in [2.24, 2.45) is 29.6 Å². The third kappa shape index (κ3) is 6.73. The summed E-state index contributed by atoms with van der Waals surface area (Å²) in [6.45, 7) is 5.71. The molecule has 3 rings (SSSR count). The van der Waals surface area contributed by atoms with Gasteiger partial charge in [0, 0.05) is 13.7 Å². The van der Waals surface area contributed by atoms with Crippen LogP contribution in [0.3, 0.4) is 0 Å². The maximum Gasteiger partial charge on any atom is 0.0575 e. The standard InChI is InChI=1S/C26H48O2/c1-4-5-7-21-10-12-22(13-11-21)23-14-16-25(17-15-23)28-19-20(2)24-8-6-9-26(18-24)27-3/h20-26H,4-19H2,1-3H3. The van der Waals surface area contributed by atoms with Gasteiger partial charge in [-0.2, -0.15) is 0 Å². The zero-order valence-electron chi connectivity index (χ0n) is 19.2. The number of ether oxygens (including phenoxy) is 2. The van der Waals surface area contributed by atoms with E-state index in [0.717, 1.165) is 30.3 Å². The van der Waals surface area contributed by atoms with E-state index >= 15 is 0 Å². The first-order chi connectivity index (χ1) is 13.7. The lowest BCUT2D eigenvalue weighted by molar-refractivity contribution is -0.0287. The van der Waals surface area contributed by atoms with Crippen molar-refractivity contribution in [2.75, 3.05) is 13.7 Å². The van der Waals surface area contributed by atoms with E-state index in [0.29, 0.717) is 18.1 Å². The minimum Gasteiger partial charge on any atom is -0.381 e. The van der Waals surface area contributed by atoms with Gasteiger partial charge in [-0.05, 0) is 87.4 Å². The Morgan fingerprint density at radius 1 is 0.821 bits per heavy atom. The normalized spacial score (nSPS) is 38.2. The van der Waals surface area contributed by atoms with Crippen LogP contribution in [0.2, 0.25) is 0 Å². The molecule has 0 aliphatic heterocycles. The van der Waals surface area contributed by atoms with Crippen molar-refractivity contribution < 1.29 is 9.47 Å². The van der Waals surface area contributed by atoms with Crippen LogP contribution in [0.4, 0.5) is 0 Å². The van der Waals surface area contributed by atoms with Crippen LogP contribution in [0.1, 0.15) is 110 Å². The minimum atomic E-state index is 0.494. The van der Waals surface area contributed by atoms with E-state index in [9.17, 15) is 0 Å². The number of hydrogen-bond acceptors (Lipinski definition) is 2. The molecule has 0 amide bonds. The molecular formula is C26H48O2. The van der Waals surface area contributed by atoms with Gasteiger partial charge in [-0.1, -0.05) is 52.4 Å². The number of methoxy groups -OCH3 is 1. The molecule has 2 nitrogen and oxygen atoms in total.